The molecule has 0 radical (unpaired) electrons. The Bertz CT molecular complexity index is 486. The Morgan fingerprint density at radius 1 is 1.45 bits per heavy atom. The first-order valence-electron chi connectivity index (χ1n) is 6.85. The van der Waals surface area contributed by atoms with Gasteiger partial charge in [0.05, 0.1) is 17.6 Å². The predicted molar refractivity (Wildman–Crippen MR) is 76.1 cm³/mol. The van der Waals surface area contributed by atoms with Crippen molar-refractivity contribution >= 4 is 11.4 Å². The number of benzene rings is 1. The molecule has 1 aromatic rings. The van der Waals surface area contributed by atoms with E-state index in [0.29, 0.717) is 18.0 Å². The molecular weight excluding hydrogens is 260 g/mol. The average molecular weight is 280 g/mol. The van der Waals surface area contributed by atoms with Crippen molar-refractivity contribution < 1.29 is 14.8 Å². The zero-order chi connectivity index (χ0) is 14.6. The second-order valence-corrected chi connectivity index (χ2v) is 5.23. The van der Waals surface area contributed by atoms with E-state index >= 15 is 0 Å². The Morgan fingerprint density at radius 3 is 2.75 bits per heavy atom. The third kappa shape index (κ3) is 3.60. The topological polar surface area (TPSA) is 84.6 Å². The van der Waals surface area contributed by atoms with Gasteiger partial charge in [0.15, 0.2) is 0 Å². The molecule has 0 aromatic heterocycles. The van der Waals surface area contributed by atoms with Gasteiger partial charge in [0, 0.05) is 31.0 Å². The minimum absolute atomic E-state index is 0.0189. The molecule has 2 rings (SSSR count). The van der Waals surface area contributed by atoms with Gasteiger partial charge in [-0.15, -0.1) is 0 Å². The number of hydrogen-bond donors (Lipinski definition) is 2. The number of nitro benzene ring substituents is 1. The first-order valence-corrected chi connectivity index (χ1v) is 6.85. The summed E-state index contributed by atoms with van der Waals surface area (Å²) in [5.41, 5.74) is 0.864. The van der Waals surface area contributed by atoms with Crippen molar-refractivity contribution in [3.8, 4) is 5.75 Å². The molecule has 0 heterocycles. The molecule has 1 aromatic carbocycles. The van der Waals surface area contributed by atoms with Gasteiger partial charge in [0.25, 0.3) is 5.69 Å². The normalized spacial score (nSPS) is 15.7. The molecule has 1 saturated carbocycles. The van der Waals surface area contributed by atoms with Crippen LogP contribution < -0.4 is 10.1 Å². The molecule has 0 unspecified atom stereocenters. The number of ether oxygens (including phenoxy) is 1. The molecule has 20 heavy (non-hydrogen) atoms. The fourth-order valence-corrected chi connectivity index (χ4v) is 2.26. The Hall–Kier alpha value is -1.82. The lowest BCUT2D eigenvalue weighted by Crippen LogP contribution is -2.16. The van der Waals surface area contributed by atoms with Crippen LogP contribution in [0.25, 0.3) is 0 Å². The second kappa shape index (κ2) is 6.09. The number of nitrogens with one attached hydrogen (secondary N) is 1. The van der Waals surface area contributed by atoms with Crippen LogP contribution in [-0.2, 0) is 0 Å². The van der Waals surface area contributed by atoms with E-state index in [2.05, 4.69) is 5.32 Å². The monoisotopic (exact) mass is 280 g/mol. The molecule has 6 nitrogen and oxygen atoms in total. The molecule has 0 atom stereocenters. The van der Waals surface area contributed by atoms with Crippen molar-refractivity contribution in [1.29, 1.82) is 0 Å². The van der Waals surface area contributed by atoms with Crippen LogP contribution in [0.5, 0.6) is 5.75 Å². The number of anilines is 1. The van der Waals surface area contributed by atoms with Gasteiger partial charge in [-0.2, -0.15) is 0 Å². The standard InChI is InChI=1S/C14H20N2O4/c1-2-20-13-8-11(7-12(9-13)16(18)19)15-10-14(3-4-14)5-6-17/h7-9,15,17H,2-6,10H2,1H3. The molecule has 0 bridgehead atoms. The molecule has 0 saturated heterocycles. The van der Waals surface area contributed by atoms with E-state index in [4.69, 9.17) is 9.84 Å². The summed E-state index contributed by atoms with van der Waals surface area (Å²) in [6.45, 7) is 3.21. The van der Waals surface area contributed by atoms with Crippen molar-refractivity contribution in [1.82, 2.24) is 0 Å². The molecule has 0 spiro atoms. The van der Waals surface area contributed by atoms with Crippen molar-refractivity contribution in [2.24, 2.45) is 5.41 Å². The first-order chi connectivity index (χ1) is 9.58. The Kier molecular flexibility index (Phi) is 4.44. The fraction of sp³-hybridized carbons (Fsp3) is 0.571. The van der Waals surface area contributed by atoms with E-state index in [9.17, 15) is 10.1 Å². The maximum Gasteiger partial charge on any atom is 0.275 e. The number of nitrogens with zero attached hydrogens (tertiary/aromatic N) is 1. The number of hydrogen-bond acceptors (Lipinski definition) is 5. The van der Waals surface area contributed by atoms with Crippen molar-refractivity contribution in [2.45, 2.75) is 26.2 Å². The van der Waals surface area contributed by atoms with Crippen LogP contribution in [0, 0.1) is 15.5 Å². The number of nitro groups is 1. The van der Waals surface area contributed by atoms with Gasteiger partial charge < -0.3 is 15.2 Å². The maximum absolute atomic E-state index is 10.9. The largest absolute Gasteiger partial charge is 0.494 e. The van der Waals surface area contributed by atoms with E-state index < -0.39 is 4.92 Å². The summed E-state index contributed by atoms with van der Waals surface area (Å²) in [5.74, 6) is 0.496. The van der Waals surface area contributed by atoms with E-state index in [1.54, 1.807) is 6.07 Å². The molecular formula is C14H20N2O4. The summed E-state index contributed by atoms with van der Waals surface area (Å²) in [5, 5.41) is 23.2. The highest BCUT2D eigenvalue weighted by Crippen LogP contribution is 2.48. The minimum atomic E-state index is -0.422. The van der Waals surface area contributed by atoms with Crippen LogP contribution >= 0.6 is 0 Å². The molecule has 0 aliphatic heterocycles. The molecule has 110 valence electrons. The highest BCUT2D eigenvalue weighted by molar-refractivity contribution is 5.56. The van der Waals surface area contributed by atoms with Crippen LogP contribution in [0.4, 0.5) is 11.4 Å². The maximum atomic E-state index is 10.9. The number of non-ortho nitro benzene ring substituents is 1. The van der Waals surface area contributed by atoms with Crippen LogP contribution in [0.2, 0.25) is 0 Å². The third-order valence-corrected chi connectivity index (χ3v) is 3.68. The SMILES string of the molecule is CCOc1cc(NCC2(CCO)CC2)cc([N+](=O)[O-])c1. The highest BCUT2D eigenvalue weighted by atomic mass is 16.6. The lowest BCUT2D eigenvalue weighted by molar-refractivity contribution is -0.384. The lowest BCUT2D eigenvalue weighted by atomic mass is 10.0. The predicted octanol–water partition coefficient (Wildman–Crippen LogP) is 2.57. The zero-order valence-corrected chi connectivity index (χ0v) is 11.6. The van der Waals surface area contributed by atoms with Gasteiger partial charge in [0.2, 0.25) is 0 Å². The molecule has 1 aliphatic rings. The van der Waals surface area contributed by atoms with Crippen LogP contribution in [0.3, 0.4) is 0 Å². The van der Waals surface area contributed by atoms with Crippen LogP contribution in [-0.4, -0.2) is 29.8 Å². The third-order valence-electron chi connectivity index (χ3n) is 3.68. The van der Waals surface area contributed by atoms with E-state index in [0.717, 1.165) is 25.8 Å². The van der Waals surface area contributed by atoms with Gasteiger partial charge in [0.1, 0.15) is 5.75 Å². The number of rotatable bonds is 8. The Balaban J connectivity index is 2.08. The van der Waals surface area contributed by atoms with E-state index in [-0.39, 0.29) is 17.7 Å². The van der Waals surface area contributed by atoms with Gasteiger partial charge >= 0.3 is 0 Å². The number of aliphatic hydroxyl groups is 1. The average Bonchev–Trinajstić information content (AvgIpc) is 3.17. The lowest BCUT2D eigenvalue weighted by Gasteiger charge is -2.16. The summed E-state index contributed by atoms with van der Waals surface area (Å²) in [4.78, 5) is 10.5. The second-order valence-electron chi connectivity index (χ2n) is 5.23. The van der Waals surface area contributed by atoms with Crippen LogP contribution in [0.1, 0.15) is 26.2 Å². The Morgan fingerprint density at radius 2 is 2.20 bits per heavy atom. The highest BCUT2D eigenvalue weighted by Gasteiger charge is 2.41. The van der Waals surface area contributed by atoms with Gasteiger partial charge in [-0.05, 0) is 31.6 Å². The number of aliphatic hydroxyl groups excluding tert-OH is 1. The summed E-state index contributed by atoms with van der Waals surface area (Å²) in [6, 6.07) is 4.71. The van der Waals surface area contributed by atoms with Crippen LogP contribution in [0.15, 0.2) is 18.2 Å². The van der Waals surface area contributed by atoms with Crippen molar-refractivity contribution in [3.63, 3.8) is 0 Å². The first kappa shape index (κ1) is 14.6. The quantitative estimate of drug-likeness (QED) is 0.564. The smallest absolute Gasteiger partial charge is 0.275 e. The van der Waals surface area contributed by atoms with E-state index in [1.165, 1.54) is 12.1 Å². The Labute approximate surface area is 117 Å². The summed E-state index contributed by atoms with van der Waals surface area (Å²) >= 11 is 0. The fourth-order valence-electron chi connectivity index (χ4n) is 2.26. The summed E-state index contributed by atoms with van der Waals surface area (Å²) < 4.78 is 5.35. The molecule has 1 aliphatic carbocycles. The molecule has 1 fully saturated rings. The van der Waals surface area contributed by atoms with Gasteiger partial charge in [-0.1, -0.05) is 0 Å². The van der Waals surface area contributed by atoms with Crippen molar-refractivity contribution in [2.75, 3.05) is 25.1 Å². The molecule has 6 heteroatoms. The molecule has 0 amide bonds. The summed E-state index contributed by atoms with van der Waals surface area (Å²) in [7, 11) is 0. The minimum Gasteiger partial charge on any atom is -0.494 e. The molecule has 2 N–H and O–H groups in total. The van der Waals surface area contributed by atoms with Crippen molar-refractivity contribution in [3.05, 3.63) is 28.3 Å². The van der Waals surface area contributed by atoms with Gasteiger partial charge in [-0.25, -0.2) is 0 Å². The summed E-state index contributed by atoms with van der Waals surface area (Å²) in [6.07, 6.45) is 2.95. The van der Waals surface area contributed by atoms with E-state index in [1.807, 2.05) is 6.92 Å². The van der Waals surface area contributed by atoms with Gasteiger partial charge in [-0.3, -0.25) is 10.1 Å². The zero-order valence-electron chi connectivity index (χ0n) is 11.6.